The van der Waals surface area contributed by atoms with Gasteiger partial charge in [0.15, 0.2) is 0 Å². The van der Waals surface area contributed by atoms with E-state index >= 15 is 0 Å². The highest BCUT2D eigenvalue weighted by molar-refractivity contribution is 7.90. The number of anilines is 1. The second-order valence-electron chi connectivity index (χ2n) is 12.9. The number of amides is 1. The smallest absolute Gasteiger partial charge is 0.264 e. The molecule has 1 spiro atoms. The summed E-state index contributed by atoms with van der Waals surface area (Å²) >= 11 is 6.39. The molecular formula is C32H37ClN2O6S. The summed E-state index contributed by atoms with van der Waals surface area (Å²) in [5, 5.41) is 12.1. The highest BCUT2D eigenvalue weighted by Gasteiger charge is 2.47. The van der Waals surface area contributed by atoms with Gasteiger partial charge < -0.3 is 19.5 Å². The number of nitrogens with one attached hydrogen (secondary N) is 1. The molecule has 2 fully saturated rings. The lowest BCUT2D eigenvalue weighted by Crippen LogP contribution is -2.52. The standard InChI is InChI=1S/C32H37ClN2O6S/c33-24-6-8-26-21(15-24)3-1-10-31(26)19-35-18-23-4-7-25(23)29-17-32(37,12-13-40-29)11-2-14-42(38,39)34-30(36)22-5-9-28(41-20-31)27(35)16-22/h2,5-6,8-9,11,15-16,23,25,29,37H,1,3-4,7,10,12-14,17-20H2,(H,34,36)/b11-2-/t23-,25+,29-,31-,32+/m0/s1. The number of rotatable bonds is 0. The molecule has 2 aliphatic carbocycles. The van der Waals surface area contributed by atoms with Crippen molar-refractivity contribution in [2.75, 3.05) is 37.0 Å². The van der Waals surface area contributed by atoms with Gasteiger partial charge in [-0.1, -0.05) is 29.8 Å². The normalized spacial score (nSPS) is 34.6. The molecule has 42 heavy (non-hydrogen) atoms. The van der Waals surface area contributed by atoms with Crippen molar-refractivity contribution < 1.29 is 27.8 Å². The fourth-order valence-electron chi connectivity index (χ4n) is 7.81. The summed E-state index contributed by atoms with van der Waals surface area (Å²) in [7, 11) is -3.96. The number of hydrogen-bond donors (Lipinski definition) is 2. The van der Waals surface area contributed by atoms with E-state index < -0.39 is 27.3 Å². The maximum atomic E-state index is 13.2. The van der Waals surface area contributed by atoms with Crippen LogP contribution in [0.25, 0.3) is 0 Å². The number of sulfonamides is 1. The van der Waals surface area contributed by atoms with Crippen molar-refractivity contribution in [2.45, 2.75) is 62.1 Å². The maximum Gasteiger partial charge on any atom is 0.264 e. The zero-order valence-electron chi connectivity index (χ0n) is 23.6. The fraction of sp³-hybridized carbons (Fsp3) is 0.531. The van der Waals surface area contributed by atoms with Crippen LogP contribution in [0.5, 0.6) is 5.75 Å². The van der Waals surface area contributed by atoms with Crippen LogP contribution >= 0.6 is 11.6 Å². The van der Waals surface area contributed by atoms with Crippen LogP contribution in [-0.4, -0.2) is 63.2 Å². The number of ether oxygens (including phenoxy) is 2. The van der Waals surface area contributed by atoms with E-state index in [-0.39, 0.29) is 23.0 Å². The van der Waals surface area contributed by atoms with Gasteiger partial charge in [-0.15, -0.1) is 0 Å². The second kappa shape index (κ2) is 10.5. The third kappa shape index (κ3) is 5.23. The minimum absolute atomic E-state index is 0.100. The number of fused-ring (bicyclic) bond motifs is 7. The van der Waals surface area contributed by atoms with Crippen LogP contribution in [0.15, 0.2) is 48.6 Å². The van der Waals surface area contributed by atoms with Crippen LogP contribution in [0, 0.1) is 11.8 Å². The predicted molar refractivity (Wildman–Crippen MR) is 161 cm³/mol. The van der Waals surface area contributed by atoms with Crippen LogP contribution in [0.3, 0.4) is 0 Å². The molecule has 2 N–H and O–H groups in total. The molecule has 0 radical (unpaired) electrons. The number of carbonyl (C=O) groups excluding carboxylic acids is 1. The topological polar surface area (TPSA) is 105 Å². The van der Waals surface area contributed by atoms with Crippen molar-refractivity contribution in [1.82, 2.24) is 4.72 Å². The molecule has 8 nitrogen and oxygen atoms in total. The first-order valence-corrected chi connectivity index (χ1v) is 17.0. The summed E-state index contributed by atoms with van der Waals surface area (Å²) in [6, 6.07) is 11.4. The van der Waals surface area contributed by atoms with Gasteiger partial charge in [-0.05, 0) is 85.4 Å². The Morgan fingerprint density at radius 3 is 2.83 bits per heavy atom. The minimum Gasteiger partial charge on any atom is -0.490 e. The molecule has 3 aliphatic heterocycles. The van der Waals surface area contributed by atoms with Crippen molar-refractivity contribution in [3.63, 3.8) is 0 Å². The molecule has 10 heteroatoms. The van der Waals surface area contributed by atoms with E-state index in [1.54, 1.807) is 24.3 Å². The van der Waals surface area contributed by atoms with E-state index in [0.717, 1.165) is 49.4 Å². The third-order valence-electron chi connectivity index (χ3n) is 10.1. The SMILES string of the molecule is O=C1NS(=O)(=O)C/C=C\[C@@]2(O)CCO[C@@H](C2)[C@@H]2CC[C@H]2CN2C[C@@]3(CCCc4cc(Cl)ccc43)COc3ccc1cc32. The van der Waals surface area contributed by atoms with Crippen molar-refractivity contribution in [3.05, 3.63) is 70.3 Å². The first-order valence-electron chi connectivity index (χ1n) is 15.0. The van der Waals surface area contributed by atoms with Gasteiger partial charge >= 0.3 is 0 Å². The van der Waals surface area contributed by atoms with E-state index in [1.807, 2.05) is 6.07 Å². The number of aryl methyl sites for hydroxylation is 1. The minimum atomic E-state index is -3.96. The van der Waals surface area contributed by atoms with Crippen LogP contribution in [-0.2, 0) is 26.6 Å². The summed E-state index contributed by atoms with van der Waals surface area (Å²) in [4.78, 5) is 15.6. The Bertz CT molecular complexity index is 1550. The monoisotopic (exact) mass is 612 g/mol. The lowest BCUT2D eigenvalue weighted by Gasteiger charge is -2.48. The second-order valence-corrected chi connectivity index (χ2v) is 15.1. The first kappa shape index (κ1) is 28.2. The van der Waals surface area contributed by atoms with Crippen molar-refractivity contribution in [1.29, 1.82) is 0 Å². The quantitative estimate of drug-likeness (QED) is 0.426. The lowest BCUT2D eigenvalue weighted by atomic mass is 9.66. The average molecular weight is 613 g/mol. The lowest BCUT2D eigenvalue weighted by molar-refractivity contribution is -0.125. The highest BCUT2D eigenvalue weighted by atomic mass is 35.5. The molecule has 1 saturated carbocycles. The fourth-order valence-corrected chi connectivity index (χ4v) is 8.84. The van der Waals surface area contributed by atoms with E-state index in [4.69, 9.17) is 21.1 Å². The van der Waals surface area contributed by atoms with Gasteiger partial charge in [-0.3, -0.25) is 4.79 Å². The Hall–Kier alpha value is -2.59. The van der Waals surface area contributed by atoms with Gasteiger partial charge in [0.2, 0.25) is 10.0 Å². The van der Waals surface area contributed by atoms with Gasteiger partial charge in [0.05, 0.1) is 36.4 Å². The van der Waals surface area contributed by atoms with E-state index in [1.165, 1.54) is 17.2 Å². The number of benzene rings is 2. The molecule has 4 bridgehead atoms. The molecule has 3 heterocycles. The molecule has 5 atom stereocenters. The number of halogens is 1. The molecule has 0 unspecified atom stereocenters. The van der Waals surface area contributed by atoms with Gasteiger partial charge in [0.1, 0.15) is 5.75 Å². The van der Waals surface area contributed by atoms with Crippen LogP contribution < -0.4 is 14.4 Å². The van der Waals surface area contributed by atoms with E-state index in [2.05, 4.69) is 21.8 Å². The first-order chi connectivity index (χ1) is 20.1. The zero-order chi connectivity index (χ0) is 29.1. The zero-order valence-corrected chi connectivity index (χ0v) is 25.1. The van der Waals surface area contributed by atoms with Gasteiger partial charge in [-0.25, -0.2) is 13.1 Å². The van der Waals surface area contributed by atoms with Crippen molar-refractivity contribution >= 4 is 33.2 Å². The molecule has 1 saturated heterocycles. The Kier molecular flexibility index (Phi) is 7.08. The maximum absolute atomic E-state index is 13.2. The Morgan fingerprint density at radius 1 is 1.12 bits per heavy atom. The molecule has 224 valence electrons. The summed E-state index contributed by atoms with van der Waals surface area (Å²) < 4.78 is 40.6. The summed E-state index contributed by atoms with van der Waals surface area (Å²) in [6.45, 7) is 2.39. The van der Waals surface area contributed by atoms with Gasteiger partial charge in [-0.2, -0.15) is 0 Å². The average Bonchev–Trinajstić information content (AvgIpc) is 3.07. The molecule has 2 aromatic carbocycles. The predicted octanol–water partition coefficient (Wildman–Crippen LogP) is 4.38. The largest absolute Gasteiger partial charge is 0.490 e. The Labute approximate surface area is 252 Å². The summed E-state index contributed by atoms with van der Waals surface area (Å²) in [6.07, 6.45) is 8.83. The summed E-state index contributed by atoms with van der Waals surface area (Å²) in [5.74, 6) is 0.250. The van der Waals surface area contributed by atoms with Gasteiger partial charge in [0.25, 0.3) is 5.91 Å². The Morgan fingerprint density at radius 2 is 2.00 bits per heavy atom. The van der Waals surface area contributed by atoms with E-state index in [9.17, 15) is 18.3 Å². The number of aliphatic hydroxyl groups is 1. The summed E-state index contributed by atoms with van der Waals surface area (Å²) in [5.41, 5.74) is 2.20. The number of nitrogens with zero attached hydrogens (tertiary/aromatic N) is 1. The third-order valence-corrected chi connectivity index (χ3v) is 11.5. The van der Waals surface area contributed by atoms with E-state index in [0.29, 0.717) is 44.3 Å². The molecule has 7 rings (SSSR count). The van der Waals surface area contributed by atoms with Crippen LogP contribution in [0.4, 0.5) is 5.69 Å². The van der Waals surface area contributed by atoms with Crippen molar-refractivity contribution in [2.24, 2.45) is 11.8 Å². The molecule has 1 amide bonds. The molecule has 2 aromatic rings. The number of carbonyl (C=O) groups is 1. The van der Waals surface area contributed by atoms with Gasteiger partial charge in [0, 0.05) is 41.9 Å². The number of hydrogen-bond acceptors (Lipinski definition) is 7. The molecular weight excluding hydrogens is 576 g/mol. The van der Waals surface area contributed by atoms with Crippen molar-refractivity contribution in [3.8, 4) is 5.75 Å². The van der Waals surface area contributed by atoms with Crippen LogP contribution in [0.1, 0.15) is 60.0 Å². The molecule has 0 aromatic heterocycles. The van der Waals surface area contributed by atoms with Crippen LogP contribution in [0.2, 0.25) is 5.02 Å². The molecule has 5 aliphatic rings. The Balaban J connectivity index is 1.30. The highest BCUT2D eigenvalue weighted by Crippen LogP contribution is 2.48.